The highest BCUT2D eigenvalue weighted by molar-refractivity contribution is 7.94. The zero-order valence-electron chi connectivity index (χ0n) is 20.0. The molecule has 3 heterocycles. The molecule has 3 aromatic rings. The van der Waals surface area contributed by atoms with Crippen LogP contribution < -0.4 is 13.9 Å². The number of likely N-dealkylation sites (N-methyl/N-ethyl adjacent to an activating group) is 1. The van der Waals surface area contributed by atoms with Crippen LogP contribution in [-0.2, 0) is 14.8 Å². The number of anilines is 2. The van der Waals surface area contributed by atoms with Crippen LogP contribution in [0.3, 0.4) is 0 Å². The van der Waals surface area contributed by atoms with Crippen LogP contribution in [0.2, 0.25) is 0 Å². The number of fused-ring (bicyclic) bond motifs is 3. The first-order valence-electron chi connectivity index (χ1n) is 11.6. The van der Waals surface area contributed by atoms with Crippen LogP contribution in [0.4, 0.5) is 11.4 Å². The molecule has 2 aliphatic heterocycles. The van der Waals surface area contributed by atoms with Crippen LogP contribution in [0, 0.1) is 6.92 Å². The van der Waals surface area contributed by atoms with Crippen molar-refractivity contribution in [2.75, 3.05) is 43.0 Å². The van der Waals surface area contributed by atoms with Gasteiger partial charge in [0.2, 0.25) is 0 Å². The molecule has 0 N–H and O–H groups in total. The molecule has 0 unspecified atom stereocenters. The number of ether oxygens (including phenoxy) is 1. The summed E-state index contributed by atoms with van der Waals surface area (Å²) in [6, 6.07) is 16.5. The van der Waals surface area contributed by atoms with E-state index >= 15 is 0 Å². The molecular formula is C26H29N3O4S2. The van der Waals surface area contributed by atoms with E-state index in [4.69, 9.17) is 4.74 Å². The minimum Gasteiger partial charge on any atom is -0.484 e. The van der Waals surface area contributed by atoms with Gasteiger partial charge in [0, 0.05) is 31.2 Å². The standard InChI is InChI=1S/C26H29N3O4S2/c1-18-6-11-23-21(15-18)22-16-27(2)13-12-24(22)29(23)25(30)17-33-20-9-7-19(8-10-20)28(3)35(31,32)26-5-4-14-34-26/h4-11,14-15,22,24H,12-13,16-17H2,1-3H3/t22-,24+/m0/s1. The number of carbonyl (C=O) groups is 1. The largest absolute Gasteiger partial charge is 0.484 e. The number of aryl methyl sites for hydroxylation is 1. The summed E-state index contributed by atoms with van der Waals surface area (Å²) in [4.78, 5) is 17.6. The van der Waals surface area contributed by atoms with Crippen LogP contribution in [0.15, 0.2) is 64.2 Å². The van der Waals surface area contributed by atoms with Crippen LogP contribution >= 0.6 is 11.3 Å². The minimum atomic E-state index is -3.60. The first-order valence-corrected chi connectivity index (χ1v) is 13.9. The van der Waals surface area contributed by atoms with E-state index in [-0.39, 0.29) is 18.6 Å². The molecule has 1 aromatic heterocycles. The quantitative estimate of drug-likeness (QED) is 0.499. The van der Waals surface area contributed by atoms with Crippen molar-refractivity contribution in [3.8, 4) is 5.75 Å². The number of piperidine rings is 1. The second-order valence-electron chi connectivity index (χ2n) is 9.24. The van der Waals surface area contributed by atoms with E-state index in [1.807, 2.05) is 4.90 Å². The van der Waals surface area contributed by atoms with Gasteiger partial charge in [0.05, 0.1) is 5.69 Å². The summed E-state index contributed by atoms with van der Waals surface area (Å²) in [7, 11) is 0.0594. The molecule has 184 valence electrons. The molecular weight excluding hydrogens is 482 g/mol. The Kier molecular flexibility index (Phi) is 6.33. The van der Waals surface area contributed by atoms with E-state index in [0.717, 1.165) is 25.2 Å². The maximum Gasteiger partial charge on any atom is 0.273 e. The Morgan fingerprint density at radius 1 is 1.17 bits per heavy atom. The monoisotopic (exact) mass is 511 g/mol. The van der Waals surface area contributed by atoms with Gasteiger partial charge >= 0.3 is 0 Å². The third-order valence-corrected chi connectivity index (χ3v) is 10.1. The van der Waals surface area contributed by atoms with E-state index in [9.17, 15) is 13.2 Å². The van der Waals surface area contributed by atoms with Crippen molar-refractivity contribution < 1.29 is 17.9 Å². The normalized spacial score (nSPS) is 19.8. The third kappa shape index (κ3) is 4.44. The van der Waals surface area contributed by atoms with Gasteiger partial charge in [-0.3, -0.25) is 9.10 Å². The van der Waals surface area contributed by atoms with Crippen molar-refractivity contribution in [3.63, 3.8) is 0 Å². The lowest BCUT2D eigenvalue weighted by atomic mass is 9.89. The molecule has 1 amide bonds. The molecule has 2 atom stereocenters. The zero-order valence-corrected chi connectivity index (χ0v) is 21.7. The van der Waals surface area contributed by atoms with Gasteiger partial charge in [0.25, 0.3) is 15.9 Å². The van der Waals surface area contributed by atoms with Crippen molar-refractivity contribution in [2.24, 2.45) is 0 Å². The van der Waals surface area contributed by atoms with Crippen molar-refractivity contribution in [1.82, 2.24) is 4.90 Å². The molecule has 0 saturated carbocycles. The lowest BCUT2D eigenvalue weighted by Gasteiger charge is -2.36. The highest BCUT2D eigenvalue weighted by Gasteiger charge is 2.43. The number of thiophene rings is 1. The Morgan fingerprint density at radius 3 is 2.66 bits per heavy atom. The lowest BCUT2D eigenvalue weighted by molar-refractivity contribution is -0.121. The fourth-order valence-corrected chi connectivity index (χ4v) is 7.41. The highest BCUT2D eigenvalue weighted by Crippen LogP contribution is 2.45. The second-order valence-corrected chi connectivity index (χ2v) is 12.4. The number of benzene rings is 2. The summed E-state index contributed by atoms with van der Waals surface area (Å²) < 4.78 is 32.9. The third-order valence-electron chi connectivity index (χ3n) is 6.89. The van der Waals surface area contributed by atoms with E-state index in [2.05, 4.69) is 37.1 Å². The first kappa shape index (κ1) is 23.8. The predicted octanol–water partition coefficient (Wildman–Crippen LogP) is 4.09. The molecule has 1 saturated heterocycles. The Morgan fingerprint density at radius 2 is 1.94 bits per heavy atom. The predicted molar refractivity (Wildman–Crippen MR) is 139 cm³/mol. The summed E-state index contributed by atoms with van der Waals surface area (Å²) >= 11 is 1.18. The molecule has 0 aliphatic carbocycles. The van der Waals surface area contributed by atoms with Gasteiger partial charge in [-0.2, -0.15) is 0 Å². The average Bonchev–Trinajstić information content (AvgIpc) is 3.50. The summed E-state index contributed by atoms with van der Waals surface area (Å²) in [5.74, 6) is 0.772. The molecule has 2 aliphatic rings. The maximum atomic E-state index is 13.3. The number of rotatable bonds is 6. The van der Waals surface area contributed by atoms with E-state index in [0.29, 0.717) is 21.6 Å². The van der Waals surface area contributed by atoms with Gasteiger partial charge in [-0.1, -0.05) is 23.8 Å². The fourth-order valence-electron chi connectivity index (χ4n) is 5.06. The summed E-state index contributed by atoms with van der Waals surface area (Å²) in [5.41, 5.74) is 3.96. The topological polar surface area (TPSA) is 70.2 Å². The van der Waals surface area contributed by atoms with Gasteiger partial charge in [0.15, 0.2) is 6.61 Å². The molecule has 1 fully saturated rings. The molecule has 35 heavy (non-hydrogen) atoms. The lowest BCUT2D eigenvalue weighted by Crippen LogP contribution is -2.48. The zero-order chi connectivity index (χ0) is 24.7. The van der Waals surface area contributed by atoms with E-state index < -0.39 is 10.0 Å². The molecule has 5 rings (SSSR count). The number of amides is 1. The Hall–Kier alpha value is -2.88. The summed E-state index contributed by atoms with van der Waals surface area (Å²) in [6.07, 6.45) is 0.931. The molecule has 0 spiro atoms. The average molecular weight is 512 g/mol. The number of sulfonamides is 1. The number of hydrogen-bond acceptors (Lipinski definition) is 6. The van der Waals surface area contributed by atoms with Crippen molar-refractivity contribution in [2.45, 2.75) is 29.5 Å². The van der Waals surface area contributed by atoms with Gasteiger partial charge in [-0.15, -0.1) is 11.3 Å². The Balaban J connectivity index is 1.28. The summed E-state index contributed by atoms with van der Waals surface area (Å²) in [6.45, 7) is 3.91. The molecule has 0 bridgehead atoms. The van der Waals surface area contributed by atoms with Crippen molar-refractivity contribution in [1.29, 1.82) is 0 Å². The van der Waals surface area contributed by atoms with Crippen LogP contribution in [0.5, 0.6) is 5.75 Å². The summed E-state index contributed by atoms with van der Waals surface area (Å²) in [5, 5.41) is 1.74. The van der Waals surface area contributed by atoms with Crippen LogP contribution in [-0.4, -0.2) is 59.1 Å². The van der Waals surface area contributed by atoms with Gasteiger partial charge in [-0.25, -0.2) is 8.42 Å². The smallest absolute Gasteiger partial charge is 0.273 e. The Bertz CT molecular complexity index is 1320. The van der Waals surface area contributed by atoms with Crippen LogP contribution in [0.1, 0.15) is 23.5 Å². The molecule has 0 radical (unpaired) electrons. The SMILES string of the molecule is Cc1ccc2c(c1)[C@@H]1CN(C)CC[C@H]1N2C(=O)COc1ccc(N(C)S(=O)(=O)c2cccs2)cc1. The van der Waals surface area contributed by atoms with Gasteiger partial charge in [-0.05, 0) is 74.3 Å². The molecule has 7 nitrogen and oxygen atoms in total. The number of carbonyl (C=O) groups excluding carboxylic acids is 1. The molecule has 2 aromatic carbocycles. The van der Waals surface area contributed by atoms with Crippen molar-refractivity contribution >= 4 is 38.6 Å². The fraction of sp³-hybridized carbons (Fsp3) is 0.346. The first-order chi connectivity index (χ1) is 16.8. The van der Waals surface area contributed by atoms with E-state index in [1.54, 1.807) is 41.8 Å². The van der Waals surface area contributed by atoms with E-state index in [1.165, 1.54) is 33.8 Å². The van der Waals surface area contributed by atoms with Gasteiger partial charge < -0.3 is 14.5 Å². The van der Waals surface area contributed by atoms with Crippen molar-refractivity contribution in [3.05, 3.63) is 71.1 Å². The number of likely N-dealkylation sites (tertiary alicyclic amines) is 1. The minimum absolute atomic E-state index is 0.0615. The second kappa shape index (κ2) is 9.29. The maximum absolute atomic E-state index is 13.3. The van der Waals surface area contributed by atoms with Gasteiger partial charge in [0.1, 0.15) is 9.96 Å². The highest BCUT2D eigenvalue weighted by atomic mass is 32.2. The number of hydrogen-bond donors (Lipinski definition) is 0. The molecule has 9 heteroatoms. The number of nitrogens with zero attached hydrogens (tertiary/aromatic N) is 3. The van der Waals surface area contributed by atoms with Crippen LogP contribution in [0.25, 0.3) is 0 Å². The Labute approximate surface area is 210 Å².